The molecule has 2 aromatic rings. The molecule has 0 aliphatic heterocycles. The molecule has 0 aliphatic carbocycles. The Bertz CT molecular complexity index is 625. The summed E-state index contributed by atoms with van der Waals surface area (Å²) in [6.07, 6.45) is 0. The standard InChI is InChI=1S/C14H14N4O/c1-10-8-13(18(2)17-10)14(19)16-12(9-15)11-6-4-3-5-7-11/h3-8,12H,1-2H3,(H,16,19). The Morgan fingerprint density at radius 1 is 1.42 bits per heavy atom. The minimum absolute atomic E-state index is 0.307. The van der Waals surface area contributed by atoms with E-state index in [-0.39, 0.29) is 5.91 Å². The topological polar surface area (TPSA) is 70.7 Å². The van der Waals surface area contributed by atoms with Crippen LogP contribution in [0.15, 0.2) is 36.4 Å². The molecule has 0 saturated carbocycles. The molecule has 1 aromatic carbocycles. The molecular formula is C14H14N4O. The molecule has 0 aliphatic rings. The van der Waals surface area contributed by atoms with Crippen molar-refractivity contribution in [1.29, 1.82) is 5.26 Å². The SMILES string of the molecule is Cc1cc(C(=O)NC(C#N)c2ccccc2)n(C)n1. The van der Waals surface area contributed by atoms with Crippen LogP contribution in [0.5, 0.6) is 0 Å². The summed E-state index contributed by atoms with van der Waals surface area (Å²) in [6, 6.07) is 12.3. The van der Waals surface area contributed by atoms with Crippen LogP contribution in [0.1, 0.15) is 27.8 Å². The number of nitriles is 1. The highest BCUT2D eigenvalue weighted by atomic mass is 16.2. The number of amides is 1. The lowest BCUT2D eigenvalue weighted by Gasteiger charge is -2.11. The van der Waals surface area contributed by atoms with Gasteiger partial charge >= 0.3 is 0 Å². The molecule has 1 N–H and O–H groups in total. The molecule has 0 radical (unpaired) electrons. The Hall–Kier alpha value is -2.61. The Labute approximate surface area is 111 Å². The van der Waals surface area contributed by atoms with E-state index in [0.717, 1.165) is 11.3 Å². The lowest BCUT2D eigenvalue weighted by Crippen LogP contribution is -2.29. The maximum Gasteiger partial charge on any atom is 0.270 e. The second kappa shape index (κ2) is 5.36. The van der Waals surface area contributed by atoms with Crippen molar-refractivity contribution in [1.82, 2.24) is 15.1 Å². The summed E-state index contributed by atoms with van der Waals surface area (Å²) in [7, 11) is 1.70. The van der Waals surface area contributed by atoms with Crippen LogP contribution in [0.2, 0.25) is 0 Å². The van der Waals surface area contributed by atoms with Crippen LogP contribution < -0.4 is 5.32 Å². The molecular weight excluding hydrogens is 240 g/mol. The number of aryl methyl sites for hydroxylation is 2. The number of hydrogen-bond acceptors (Lipinski definition) is 3. The Morgan fingerprint density at radius 3 is 2.63 bits per heavy atom. The first kappa shape index (κ1) is 12.8. The highest BCUT2D eigenvalue weighted by Gasteiger charge is 2.17. The zero-order valence-electron chi connectivity index (χ0n) is 10.8. The van der Waals surface area contributed by atoms with E-state index in [2.05, 4.69) is 16.5 Å². The zero-order chi connectivity index (χ0) is 13.8. The predicted octanol–water partition coefficient (Wildman–Crippen LogP) is 1.72. The van der Waals surface area contributed by atoms with Crippen molar-refractivity contribution in [2.75, 3.05) is 0 Å². The van der Waals surface area contributed by atoms with Gasteiger partial charge < -0.3 is 5.32 Å². The molecule has 0 spiro atoms. The Kier molecular flexibility index (Phi) is 3.62. The van der Waals surface area contributed by atoms with Crippen LogP contribution in [0, 0.1) is 18.3 Å². The van der Waals surface area contributed by atoms with Crippen molar-refractivity contribution in [3.05, 3.63) is 53.3 Å². The number of rotatable bonds is 3. The van der Waals surface area contributed by atoms with E-state index < -0.39 is 6.04 Å². The smallest absolute Gasteiger partial charge is 0.270 e. The third-order valence-corrected chi connectivity index (χ3v) is 2.77. The molecule has 0 fully saturated rings. The fourth-order valence-electron chi connectivity index (χ4n) is 1.86. The van der Waals surface area contributed by atoms with E-state index in [4.69, 9.17) is 5.26 Å². The summed E-state index contributed by atoms with van der Waals surface area (Å²) in [5.41, 5.74) is 1.96. The van der Waals surface area contributed by atoms with Gasteiger partial charge in [0.15, 0.2) is 0 Å². The monoisotopic (exact) mass is 254 g/mol. The molecule has 1 amide bonds. The quantitative estimate of drug-likeness (QED) is 0.906. The number of benzene rings is 1. The molecule has 0 saturated heterocycles. The van der Waals surface area contributed by atoms with Gasteiger partial charge in [-0.3, -0.25) is 9.48 Å². The number of aromatic nitrogens is 2. The van der Waals surface area contributed by atoms with E-state index in [9.17, 15) is 4.79 Å². The fourth-order valence-corrected chi connectivity index (χ4v) is 1.86. The van der Waals surface area contributed by atoms with Gasteiger partial charge in [-0.15, -0.1) is 0 Å². The van der Waals surface area contributed by atoms with Gasteiger partial charge in [-0.05, 0) is 18.6 Å². The molecule has 1 heterocycles. The van der Waals surface area contributed by atoms with Crippen molar-refractivity contribution in [3.8, 4) is 6.07 Å². The Morgan fingerprint density at radius 2 is 2.11 bits per heavy atom. The molecule has 2 rings (SSSR count). The van der Waals surface area contributed by atoms with Gasteiger partial charge in [-0.1, -0.05) is 30.3 Å². The minimum atomic E-state index is -0.663. The van der Waals surface area contributed by atoms with E-state index >= 15 is 0 Å². The fraction of sp³-hybridized carbons (Fsp3) is 0.214. The summed E-state index contributed by atoms with van der Waals surface area (Å²) in [5, 5.41) is 16.0. The third-order valence-electron chi connectivity index (χ3n) is 2.77. The van der Waals surface area contributed by atoms with Crippen molar-refractivity contribution < 1.29 is 4.79 Å². The van der Waals surface area contributed by atoms with Crippen LogP contribution in [-0.4, -0.2) is 15.7 Å². The van der Waals surface area contributed by atoms with Gasteiger partial charge in [0.05, 0.1) is 11.8 Å². The average Bonchev–Trinajstić information content (AvgIpc) is 2.76. The highest BCUT2D eigenvalue weighted by molar-refractivity contribution is 5.93. The van der Waals surface area contributed by atoms with Crippen LogP contribution in [0.3, 0.4) is 0 Å². The zero-order valence-corrected chi connectivity index (χ0v) is 10.8. The molecule has 1 aromatic heterocycles. The molecule has 1 atom stereocenters. The number of carbonyl (C=O) groups excluding carboxylic acids is 1. The van der Waals surface area contributed by atoms with Gasteiger partial charge in [0.2, 0.25) is 0 Å². The van der Waals surface area contributed by atoms with E-state index in [1.54, 1.807) is 13.1 Å². The van der Waals surface area contributed by atoms with Gasteiger partial charge in [0, 0.05) is 7.05 Å². The number of carbonyl (C=O) groups is 1. The summed E-state index contributed by atoms with van der Waals surface area (Å²) in [6.45, 7) is 1.82. The molecule has 0 bridgehead atoms. The molecule has 5 heteroatoms. The summed E-state index contributed by atoms with van der Waals surface area (Å²) in [4.78, 5) is 12.1. The third kappa shape index (κ3) is 2.80. The maximum atomic E-state index is 12.1. The second-order valence-electron chi connectivity index (χ2n) is 4.24. The lowest BCUT2D eigenvalue weighted by molar-refractivity contribution is 0.0935. The van der Waals surface area contributed by atoms with Crippen molar-refractivity contribution in [2.45, 2.75) is 13.0 Å². The largest absolute Gasteiger partial charge is 0.331 e. The van der Waals surface area contributed by atoms with E-state index in [1.165, 1.54) is 4.68 Å². The number of nitrogens with zero attached hydrogens (tertiary/aromatic N) is 3. The molecule has 5 nitrogen and oxygen atoms in total. The predicted molar refractivity (Wildman–Crippen MR) is 70.2 cm³/mol. The van der Waals surface area contributed by atoms with Gasteiger partial charge in [-0.2, -0.15) is 10.4 Å². The first-order valence-corrected chi connectivity index (χ1v) is 5.88. The van der Waals surface area contributed by atoms with Crippen molar-refractivity contribution >= 4 is 5.91 Å². The average molecular weight is 254 g/mol. The van der Waals surface area contributed by atoms with Crippen LogP contribution in [0.4, 0.5) is 0 Å². The molecule has 96 valence electrons. The first-order valence-electron chi connectivity index (χ1n) is 5.88. The second-order valence-corrected chi connectivity index (χ2v) is 4.24. The summed E-state index contributed by atoms with van der Waals surface area (Å²) in [5.74, 6) is -0.307. The van der Waals surface area contributed by atoms with Gasteiger partial charge in [-0.25, -0.2) is 0 Å². The van der Waals surface area contributed by atoms with Crippen LogP contribution in [-0.2, 0) is 7.05 Å². The number of nitrogens with one attached hydrogen (secondary N) is 1. The van der Waals surface area contributed by atoms with Gasteiger partial charge in [0.1, 0.15) is 11.7 Å². The molecule has 1 unspecified atom stereocenters. The summed E-state index contributed by atoms with van der Waals surface area (Å²) < 4.78 is 1.50. The lowest BCUT2D eigenvalue weighted by atomic mass is 10.1. The Balaban J connectivity index is 2.18. The van der Waals surface area contributed by atoms with Crippen molar-refractivity contribution in [3.63, 3.8) is 0 Å². The van der Waals surface area contributed by atoms with Crippen molar-refractivity contribution in [2.24, 2.45) is 7.05 Å². The molecule has 19 heavy (non-hydrogen) atoms. The van der Waals surface area contributed by atoms with E-state index in [0.29, 0.717) is 5.69 Å². The maximum absolute atomic E-state index is 12.1. The van der Waals surface area contributed by atoms with Gasteiger partial charge in [0.25, 0.3) is 5.91 Å². The van der Waals surface area contributed by atoms with Crippen LogP contribution >= 0.6 is 0 Å². The van der Waals surface area contributed by atoms with E-state index in [1.807, 2.05) is 37.3 Å². The minimum Gasteiger partial charge on any atom is -0.331 e. The normalized spacial score (nSPS) is 11.6. The van der Waals surface area contributed by atoms with Crippen LogP contribution in [0.25, 0.3) is 0 Å². The number of hydrogen-bond donors (Lipinski definition) is 1. The highest BCUT2D eigenvalue weighted by Crippen LogP contribution is 2.12. The first-order chi connectivity index (χ1) is 9.11. The summed E-state index contributed by atoms with van der Waals surface area (Å²) >= 11 is 0.